The number of nitrogens with two attached hydrogens (primary N) is 2. The minimum Gasteiger partial charge on any atom is -0.460 e. The molecule has 7 nitrogen and oxygen atoms in total. The lowest BCUT2D eigenvalue weighted by Gasteiger charge is -2.11. The third-order valence-corrected chi connectivity index (χ3v) is 4.18. The highest BCUT2D eigenvalue weighted by atomic mass is 16.5. The maximum absolute atomic E-state index is 12.6. The second-order valence-corrected chi connectivity index (χ2v) is 6.31. The molecule has 3 aromatic rings. The number of fused-ring (bicyclic) bond motifs is 1. The van der Waals surface area contributed by atoms with E-state index in [1.807, 2.05) is 6.07 Å². The van der Waals surface area contributed by atoms with Crippen LogP contribution in [0.3, 0.4) is 0 Å². The third kappa shape index (κ3) is 4.76. The molecule has 3 rings (SSSR count). The first-order valence-electron chi connectivity index (χ1n) is 9.04. The van der Waals surface area contributed by atoms with Gasteiger partial charge < -0.3 is 25.4 Å². The lowest BCUT2D eigenvalue weighted by atomic mass is 10.1. The van der Waals surface area contributed by atoms with Gasteiger partial charge in [0.25, 0.3) is 0 Å². The Balaban J connectivity index is 1.74. The number of unbranched alkanes of at least 4 members (excludes halogenated alkanes) is 1. The molecule has 0 radical (unpaired) electrons. The van der Waals surface area contributed by atoms with E-state index in [4.69, 9.17) is 25.4 Å². The number of carbonyl (C=O) groups excluding carboxylic acids is 1. The third-order valence-electron chi connectivity index (χ3n) is 4.18. The Hall–Kier alpha value is -3.16. The van der Waals surface area contributed by atoms with Crippen LogP contribution in [-0.2, 0) is 4.79 Å². The molecule has 0 amide bonds. The summed E-state index contributed by atoms with van der Waals surface area (Å²) in [6.07, 6.45) is 3.29. The number of esters is 1. The van der Waals surface area contributed by atoms with Crippen molar-refractivity contribution in [2.75, 3.05) is 6.54 Å². The first-order chi connectivity index (χ1) is 13.6. The van der Waals surface area contributed by atoms with Crippen molar-refractivity contribution in [3.63, 3.8) is 0 Å². The fourth-order valence-electron chi connectivity index (χ4n) is 2.66. The molecule has 0 aliphatic heterocycles. The van der Waals surface area contributed by atoms with E-state index in [1.54, 1.807) is 24.3 Å². The molecule has 146 valence electrons. The van der Waals surface area contributed by atoms with E-state index in [0.717, 1.165) is 12.8 Å². The van der Waals surface area contributed by atoms with Crippen molar-refractivity contribution in [3.05, 3.63) is 65.0 Å². The predicted octanol–water partition coefficient (Wildman–Crippen LogP) is 2.95. The maximum atomic E-state index is 12.6. The number of rotatable bonds is 8. The Kier molecular flexibility index (Phi) is 6.41. The van der Waals surface area contributed by atoms with Crippen molar-refractivity contribution in [1.29, 1.82) is 0 Å². The summed E-state index contributed by atoms with van der Waals surface area (Å²) >= 11 is 0. The predicted molar refractivity (Wildman–Crippen MR) is 106 cm³/mol. The van der Waals surface area contributed by atoms with Crippen LogP contribution in [0, 0.1) is 0 Å². The molecule has 4 N–H and O–H groups in total. The highest BCUT2D eigenvalue weighted by Gasteiger charge is 2.17. The molecule has 28 heavy (non-hydrogen) atoms. The Morgan fingerprint density at radius 2 is 1.86 bits per heavy atom. The van der Waals surface area contributed by atoms with Gasteiger partial charge in [-0.2, -0.15) is 0 Å². The Bertz CT molecular complexity index is 1000. The van der Waals surface area contributed by atoms with Crippen LogP contribution in [0.4, 0.5) is 0 Å². The van der Waals surface area contributed by atoms with Gasteiger partial charge in [-0.05, 0) is 43.7 Å². The molecule has 0 bridgehead atoms. The lowest BCUT2D eigenvalue weighted by molar-refractivity contribution is -0.136. The molecule has 0 fully saturated rings. The summed E-state index contributed by atoms with van der Waals surface area (Å²) in [6, 6.07) is 12.7. The fraction of sp³-hybridized carbons (Fsp3) is 0.238. The number of benzene rings is 2. The van der Waals surface area contributed by atoms with Crippen molar-refractivity contribution in [2.24, 2.45) is 11.5 Å². The zero-order valence-corrected chi connectivity index (χ0v) is 15.3. The molecule has 0 spiro atoms. The van der Waals surface area contributed by atoms with Crippen LogP contribution in [0.1, 0.15) is 19.3 Å². The summed E-state index contributed by atoms with van der Waals surface area (Å²) in [6.45, 7) is 0.557. The average molecular weight is 382 g/mol. The summed E-state index contributed by atoms with van der Waals surface area (Å²) in [5.41, 5.74) is 11.2. The van der Waals surface area contributed by atoms with Crippen molar-refractivity contribution in [2.45, 2.75) is 25.3 Å². The van der Waals surface area contributed by atoms with Crippen LogP contribution >= 0.6 is 0 Å². The van der Waals surface area contributed by atoms with Gasteiger partial charge in [-0.3, -0.25) is 4.79 Å². The second kappa shape index (κ2) is 9.16. The van der Waals surface area contributed by atoms with Crippen molar-refractivity contribution >= 4 is 16.9 Å². The number of hydrogen-bond donors (Lipinski definition) is 2. The Morgan fingerprint density at radius 1 is 1.07 bits per heavy atom. The van der Waals surface area contributed by atoms with E-state index in [9.17, 15) is 9.59 Å². The molecule has 1 heterocycles. The quantitative estimate of drug-likeness (QED) is 0.349. The summed E-state index contributed by atoms with van der Waals surface area (Å²) in [7, 11) is 0. The van der Waals surface area contributed by atoms with E-state index in [0.29, 0.717) is 24.1 Å². The van der Waals surface area contributed by atoms with Crippen molar-refractivity contribution < 1.29 is 18.7 Å². The molecule has 1 atom stereocenters. The van der Waals surface area contributed by atoms with Gasteiger partial charge in [-0.1, -0.05) is 24.6 Å². The van der Waals surface area contributed by atoms with E-state index in [2.05, 4.69) is 0 Å². The molecule has 0 saturated heterocycles. The highest BCUT2D eigenvalue weighted by Crippen LogP contribution is 2.24. The SMILES string of the molecule is NCCCCC(N)C(=O)Oc1ccc2c(=O)c(Oc3ccccc3)coc2c1. The van der Waals surface area contributed by atoms with Crippen LogP contribution in [-0.4, -0.2) is 18.6 Å². The minimum atomic E-state index is -0.726. The number of ether oxygens (including phenoxy) is 2. The summed E-state index contributed by atoms with van der Waals surface area (Å²) in [5.74, 6) is 0.322. The van der Waals surface area contributed by atoms with Gasteiger partial charge in [0.1, 0.15) is 29.4 Å². The first kappa shape index (κ1) is 19.6. The largest absolute Gasteiger partial charge is 0.460 e. The van der Waals surface area contributed by atoms with Gasteiger partial charge in [0.05, 0.1) is 5.39 Å². The lowest BCUT2D eigenvalue weighted by Crippen LogP contribution is -2.34. The van der Waals surface area contributed by atoms with Gasteiger partial charge in [-0.25, -0.2) is 4.79 Å². The molecule has 1 unspecified atom stereocenters. The average Bonchev–Trinajstić information content (AvgIpc) is 2.71. The highest BCUT2D eigenvalue weighted by molar-refractivity contribution is 5.82. The maximum Gasteiger partial charge on any atom is 0.328 e. The summed E-state index contributed by atoms with van der Waals surface area (Å²) in [5, 5.41) is 0.320. The van der Waals surface area contributed by atoms with Crippen LogP contribution in [0.5, 0.6) is 17.2 Å². The monoisotopic (exact) mass is 382 g/mol. The Morgan fingerprint density at radius 3 is 2.61 bits per heavy atom. The van der Waals surface area contributed by atoms with Gasteiger partial charge in [0.2, 0.25) is 11.2 Å². The topological polar surface area (TPSA) is 118 Å². The van der Waals surface area contributed by atoms with Gasteiger partial charge in [0.15, 0.2) is 0 Å². The smallest absolute Gasteiger partial charge is 0.328 e. The molecule has 0 aliphatic carbocycles. The second-order valence-electron chi connectivity index (χ2n) is 6.31. The van der Waals surface area contributed by atoms with Crippen molar-refractivity contribution in [1.82, 2.24) is 0 Å². The van der Waals surface area contributed by atoms with Gasteiger partial charge in [-0.15, -0.1) is 0 Å². The van der Waals surface area contributed by atoms with Crippen molar-refractivity contribution in [3.8, 4) is 17.2 Å². The first-order valence-corrected chi connectivity index (χ1v) is 9.04. The number of hydrogen-bond acceptors (Lipinski definition) is 7. The van der Waals surface area contributed by atoms with E-state index >= 15 is 0 Å². The van der Waals surface area contributed by atoms with E-state index in [-0.39, 0.29) is 22.5 Å². The van der Waals surface area contributed by atoms with Crippen LogP contribution in [0.25, 0.3) is 11.0 Å². The molecule has 0 aliphatic rings. The van der Waals surface area contributed by atoms with Gasteiger partial charge >= 0.3 is 5.97 Å². The molecular weight excluding hydrogens is 360 g/mol. The molecule has 1 aromatic heterocycles. The van der Waals surface area contributed by atoms with E-state index < -0.39 is 12.0 Å². The zero-order valence-electron chi connectivity index (χ0n) is 15.3. The Labute approximate surface area is 161 Å². The molecular formula is C21H22N2O5. The van der Waals surface area contributed by atoms with Crippen LogP contribution < -0.4 is 26.4 Å². The van der Waals surface area contributed by atoms with Gasteiger partial charge in [0, 0.05) is 6.07 Å². The summed E-state index contributed by atoms with van der Waals surface area (Å²) in [4.78, 5) is 24.7. The molecule has 2 aromatic carbocycles. The number of para-hydroxylation sites is 1. The molecule has 0 saturated carbocycles. The summed E-state index contributed by atoms with van der Waals surface area (Å²) < 4.78 is 16.4. The van der Waals surface area contributed by atoms with E-state index in [1.165, 1.54) is 24.5 Å². The standard InChI is InChI=1S/C21H22N2O5/c22-11-5-4-8-17(23)21(25)28-15-9-10-16-18(12-15)26-13-19(20(16)24)27-14-6-2-1-3-7-14/h1-3,6-7,9-10,12-13,17H,4-5,8,11,22-23H2. The zero-order chi connectivity index (χ0) is 19.9. The normalized spacial score (nSPS) is 11.9. The fourth-order valence-corrected chi connectivity index (χ4v) is 2.66. The molecule has 7 heteroatoms. The van der Waals surface area contributed by atoms with Crippen LogP contribution in [0.15, 0.2) is 64.0 Å². The minimum absolute atomic E-state index is 0.0744. The number of carbonyl (C=O) groups is 1. The van der Waals surface area contributed by atoms with Crippen LogP contribution in [0.2, 0.25) is 0 Å².